The van der Waals surface area contributed by atoms with E-state index in [1.165, 1.54) is 6.92 Å². The SMILES string of the molecule is CCOC(=O)Cn1nc(C(F)(F)F)c2c1C(F)(F)CCC2. The second kappa shape index (κ2) is 5.27. The van der Waals surface area contributed by atoms with Crippen molar-refractivity contribution in [3.05, 3.63) is 17.0 Å². The van der Waals surface area contributed by atoms with E-state index < -0.39 is 48.0 Å². The van der Waals surface area contributed by atoms with Crippen molar-refractivity contribution in [2.75, 3.05) is 6.61 Å². The Morgan fingerprint density at radius 2 is 2.10 bits per heavy atom. The second-order valence-electron chi connectivity index (χ2n) is 4.69. The first kappa shape index (κ1) is 15.7. The number of hydrogen-bond acceptors (Lipinski definition) is 3. The number of carbonyl (C=O) groups excluding carboxylic acids is 1. The van der Waals surface area contributed by atoms with Crippen LogP contribution in [0.15, 0.2) is 0 Å². The average Bonchev–Trinajstić information content (AvgIpc) is 2.69. The Hall–Kier alpha value is -1.67. The zero-order valence-corrected chi connectivity index (χ0v) is 11.1. The summed E-state index contributed by atoms with van der Waals surface area (Å²) in [4.78, 5) is 11.4. The fourth-order valence-electron chi connectivity index (χ4n) is 2.42. The Balaban J connectivity index is 2.50. The molecule has 1 aliphatic rings. The number of rotatable bonds is 3. The van der Waals surface area contributed by atoms with E-state index in [4.69, 9.17) is 0 Å². The van der Waals surface area contributed by atoms with Crippen LogP contribution in [0, 0.1) is 0 Å². The van der Waals surface area contributed by atoms with Crippen molar-refractivity contribution in [1.82, 2.24) is 9.78 Å². The van der Waals surface area contributed by atoms with E-state index in [-0.39, 0.29) is 19.4 Å². The molecule has 0 atom stereocenters. The minimum absolute atomic E-state index is 0.00478. The van der Waals surface area contributed by atoms with Gasteiger partial charge in [0.05, 0.1) is 6.61 Å². The van der Waals surface area contributed by atoms with Gasteiger partial charge in [-0.25, -0.2) is 0 Å². The highest BCUT2D eigenvalue weighted by atomic mass is 19.4. The molecule has 0 spiro atoms. The molecule has 9 heteroatoms. The van der Waals surface area contributed by atoms with Crippen molar-refractivity contribution in [1.29, 1.82) is 0 Å². The van der Waals surface area contributed by atoms with Gasteiger partial charge in [0.15, 0.2) is 5.69 Å². The van der Waals surface area contributed by atoms with Gasteiger partial charge in [-0.15, -0.1) is 0 Å². The number of hydrogen-bond donors (Lipinski definition) is 0. The van der Waals surface area contributed by atoms with Crippen LogP contribution in [0.3, 0.4) is 0 Å². The van der Waals surface area contributed by atoms with Crippen LogP contribution in [0.1, 0.15) is 36.7 Å². The summed E-state index contributed by atoms with van der Waals surface area (Å²) >= 11 is 0. The lowest BCUT2D eigenvalue weighted by atomic mass is 9.92. The van der Waals surface area contributed by atoms with E-state index in [1.54, 1.807) is 0 Å². The largest absolute Gasteiger partial charge is 0.465 e. The van der Waals surface area contributed by atoms with Crippen LogP contribution in [0.4, 0.5) is 22.0 Å². The minimum Gasteiger partial charge on any atom is -0.465 e. The summed E-state index contributed by atoms with van der Waals surface area (Å²) in [5.74, 6) is -4.34. The lowest BCUT2D eigenvalue weighted by molar-refractivity contribution is -0.146. The molecule has 1 aromatic rings. The Kier molecular flexibility index (Phi) is 3.94. The first-order valence-corrected chi connectivity index (χ1v) is 6.37. The molecule has 21 heavy (non-hydrogen) atoms. The van der Waals surface area contributed by atoms with Crippen molar-refractivity contribution < 1.29 is 31.5 Å². The number of alkyl halides is 5. The van der Waals surface area contributed by atoms with Crippen molar-refractivity contribution in [2.24, 2.45) is 0 Å². The van der Waals surface area contributed by atoms with Crippen molar-refractivity contribution >= 4 is 5.97 Å². The minimum atomic E-state index is -4.84. The second-order valence-corrected chi connectivity index (χ2v) is 4.69. The van der Waals surface area contributed by atoms with Crippen LogP contribution < -0.4 is 0 Å². The van der Waals surface area contributed by atoms with Gasteiger partial charge in [0.2, 0.25) is 0 Å². The third kappa shape index (κ3) is 3.01. The van der Waals surface area contributed by atoms with Gasteiger partial charge in [-0.2, -0.15) is 27.1 Å². The van der Waals surface area contributed by atoms with E-state index in [0.29, 0.717) is 4.68 Å². The maximum Gasteiger partial charge on any atom is 0.435 e. The molecule has 0 saturated heterocycles. The summed E-state index contributed by atoms with van der Waals surface area (Å²) in [7, 11) is 0. The normalized spacial score (nSPS) is 17.4. The van der Waals surface area contributed by atoms with E-state index in [2.05, 4.69) is 9.84 Å². The van der Waals surface area contributed by atoms with Crippen molar-refractivity contribution in [3.63, 3.8) is 0 Å². The number of esters is 1. The third-order valence-electron chi connectivity index (χ3n) is 3.17. The molecule has 0 N–H and O–H groups in total. The van der Waals surface area contributed by atoms with Gasteiger partial charge in [0.1, 0.15) is 12.2 Å². The molecule has 1 aliphatic carbocycles. The summed E-state index contributed by atoms with van der Waals surface area (Å²) in [6, 6.07) is 0. The zero-order valence-electron chi connectivity index (χ0n) is 11.1. The van der Waals surface area contributed by atoms with Crippen molar-refractivity contribution in [2.45, 2.75) is 44.8 Å². The summed E-state index contributed by atoms with van der Waals surface area (Å²) < 4.78 is 71.5. The summed E-state index contributed by atoms with van der Waals surface area (Å²) in [5, 5.41) is 3.19. The van der Waals surface area contributed by atoms with E-state index >= 15 is 0 Å². The maximum atomic E-state index is 13.9. The molecule has 0 radical (unpaired) electrons. The van der Waals surface area contributed by atoms with Crippen molar-refractivity contribution in [3.8, 4) is 0 Å². The first-order valence-electron chi connectivity index (χ1n) is 6.37. The van der Waals surface area contributed by atoms with Gasteiger partial charge in [0, 0.05) is 12.0 Å². The average molecular weight is 312 g/mol. The molecule has 0 aliphatic heterocycles. The van der Waals surface area contributed by atoms with E-state index in [9.17, 15) is 26.7 Å². The quantitative estimate of drug-likeness (QED) is 0.637. The standard InChI is InChI=1S/C12H13F5N2O2/c1-2-21-8(20)6-19-10-7(4-3-5-11(10,13)14)9(18-19)12(15,16)17/h2-6H2,1H3. The number of fused-ring (bicyclic) bond motifs is 1. The number of nitrogens with zero attached hydrogens (tertiary/aromatic N) is 2. The summed E-state index contributed by atoms with van der Waals surface area (Å²) in [6.45, 7) is 0.749. The highest BCUT2D eigenvalue weighted by molar-refractivity contribution is 5.69. The number of ether oxygens (including phenoxy) is 1. The van der Waals surface area contributed by atoms with Crippen LogP contribution in [0.2, 0.25) is 0 Å². The number of aromatic nitrogens is 2. The van der Waals surface area contributed by atoms with Gasteiger partial charge in [-0.3, -0.25) is 9.48 Å². The van der Waals surface area contributed by atoms with Crippen LogP contribution in [0.25, 0.3) is 0 Å². The predicted molar refractivity (Wildman–Crippen MR) is 60.7 cm³/mol. The van der Waals surface area contributed by atoms with E-state index in [0.717, 1.165) is 0 Å². The fourth-order valence-corrected chi connectivity index (χ4v) is 2.42. The molecule has 0 saturated carbocycles. The first-order chi connectivity index (χ1) is 9.66. The molecular formula is C12H13F5N2O2. The number of halogens is 5. The molecular weight excluding hydrogens is 299 g/mol. The molecule has 118 valence electrons. The van der Waals surface area contributed by atoms with Crippen LogP contribution in [-0.4, -0.2) is 22.4 Å². The van der Waals surface area contributed by atoms with Crippen LogP contribution >= 0.6 is 0 Å². The third-order valence-corrected chi connectivity index (χ3v) is 3.17. The number of carbonyl (C=O) groups is 1. The van der Waals surface area contributed by atoms with Crippen LogP contribution in [0.5, 0.6) is 0 Å². The van der Waals surface area contributed by atoms with Gasteiger partial charge < -0.3 is 4.74 Å². The fraction of sp³-hybridized carbons (Fsp3) is 0.667. The topological polar surface area (TPSA) is 44.1 Å². The highest BCUT2D eigenvalue weighted by Gasteiger charge is 2.47. The molecule has 0 bridgehead atoms. The predicted octanol–water partition coefficient (Wildman–Crippen LogP) is 2.89. The highest BCUT2D eigenvalue weighted by Crippen LogP contribution is 2.44. The van der Waals surface area contributed by atoms with Gasteiger partial charge in [0.25, 0.3) is 5.92 Å². The molecule has 1 aromatic heterocycles. The Labute approximate surface area is 116 Å². The molecule has 0 amide bonds. The molecule has 2 rings (SSSR count). The molecule has 0 fully saturated rings. The van der Waals surface area contributed by atoms with Gasteiger partial charge in [-0.1, -0.05) is 0 Å². The van der Waals surface area contributed by atoms with E-state index in [1.807, 2.05) is 0 Å². The van der Waals surface area contributed by atoms with Gasteiger partial charge in [-0.05, 0) is 19.8 Å². The summed E-state index contributed by atoms with van der Waals surface area (Å²) in [6.07, 6.45) is -5.60. The lowest BCUT2D eigenvalue weighted by Crippen LogP contribution is -2.27. The Bertz CT molecular complexity index is 551. The summed E-state index contributed by atoms with van der Waals surface area (Å²) in [5.41, 5.74) is -2.70. The van der Waals surface area contributed by atoms with Crippen LogP contribution in [-0.2, 0) is 34.6 Å². The smallest absolute Gasteiger partial charge is 0.435 e. The monoisotopic (exact) mass is 312 g/mol. The Morgan fingerprint density at radius 1 is 1.43 bits per heavy atom. The molecule has 0 unspecified atom stereocenters. The maximum absolute atomic E-state index is 13.9. The molecule has 0 aromatic carbocycles. The zero-order chi connectivity index (χ0) is 15.8. The molecule has 4 nitrogen and oxygen atoms in total. The Morgan fingerprint density at radius 3 is 2.67 bits per heavy atom. The lowest BCUT2D eigenvalue weighted by Gasteiger charge is -2.24. The molecule has 1 heterocycles. The van der Waals surface area contributed by atoms with Gasteiger partial charge >= 0.3 is 12.1 Å².